The number of nitrogens with two attached hydrogens (primary N) is 1. The molecule has 2 heterocycles. The van der Waals surface area contributed by atoms with Crippen LogP contribution < -0.4 is 11.1 Å². The van der Waals surface area contributed by atoms with E-state index in [4.69, 9.17) is 38.2 Å². The molecule has 0 radical (unpaired) electrons. The van der Waals surface area contributed by atoms with E-state index in [2.05, 4.69) is 16.0 Å². The number of benzene rings is 2. The van der Waals surface area contributed by atoms with Crippen LogP contribution in [0.3, 0.4) is 0 Å². The minimum Gasteiger partial charge on any atom is -0.393 e. The molecular weight excluding hydrogens is 513 g/mol. The summed E-state index contributed by atoms with van der Waals surface area (Å²) in [4.78, 5) is 24.4. The van der Waals surface area contributed by atoms with Gasteiger partial charge in [-0.2, -0.15) is 0 Å². The van der Waals surface area contributed by atoms with Gasteiger partial charge >= 0.3 is 0 Å². The number of hydrogen-bond acceptors (Lipinski definition) is 5. The Kier molecular flexibility index (Phi) is 13.7. The lowest BCUT2D eigenvalue weighted by Gasteiger charge is -2.26. The van der Waals surface area contributed by atoms with Gasteiger partial charge in [-0.3, -0.25) is 14.6 Å². The van der Waals surface area contributed by atoms with Gasteiger partial charge in [-0.05, 0) is 60.2 Å². The SMILES string of the molecule is NC=O.O=C1NC(c2ccc(Cl)cc2Cl)Cc2ccccc21.OC1CCCCC1.OCc1cccnc1. The zero-order valence-electron chi connectivity index (χ0n) is 20.5. The number of nitrogens with one attached hydrogen (secondary N) is 1. The minimum atomic E-state index is -0.104. The van der Waals surface area contributed by atoms with Crippen molar-refractivity contribution in [3.8, 4) is 0 Å². The summed E-state index contributed by atoms with van der Waals surface area (Å²) in [5.74, 6) is -0.0575. The molecule has 3 aromatic rings. The third kappa shape index (κ3) is 10.5. The molecule has 2 aromatic carbocycles. The highest BCUT2D eigenvalue weighted by atomic mass is 35.5. The number of hydrogen-bond donors (Lipinski definition) is 4. The number of aliphatic hydroxyl groups excluding tert-OH is 2. The quantitative estimate of drug-likeness (QED) is 0.337. The van der Waals surface area contributed by atoms with Crippen molar-refractivity contribution in [2.45, 2.75) is 57.3 Å². The van der Waals surface area contributed by atoms with E-state index in [1.807, 2.05) is 36.4 Å². The van der Waals surface area contributed by atoms with Crippen LogP contribution >= 0.6 is 23.2 Å². The van der Waals surface area contributed by atoms with Crippen molar-refractivity contribution >= 4 is 35.5 Å². The van der Waals surface area contributed by atoms with Gasteiger partial charge in [-0.1, -0.05) is 72.8 Å². The molecule has 198 valence electrons. The van der Waals surface area contributed by atoms with Gasteiger partial charge in [0, 0.05) is 28.0 Å². The summed E-state index contributed by atoms with van der Waals surface area (Å²) in [6, 6.07) is 16.5. The number of fused-ring (bicyclic) bond motifs is 1. The van der Waals surface area contributed by atoms with Crippen LogP contribution in [0.25, 0.3) is 0 Å². The summed E-state index contributed by atoms with van der Waals surface area (Å²) in [7, 11) is 0. The van der Waals surface area contributed by atoms with Crippen molar-refractivity contribution < 1.29 is 19.8 Å². The maximum Gasteiger partial charge on any atom is 0.252 e. The Bertz CT molecular complexity index is 1110. The Labute approximate surface area is 227 Å². The van der Waals surface area contributed by atoms with Crippen molar-refractivity contribution in [2.24, 2.45) is 5.73 Å². The first-order valence-corrected chi connectivity index (χ1v) is 12.8. The minimum absolute atomic E-state index is 0.0359. The third-order valence-corrected chi connectivity index (χ3v) is 6.37. The molecule has 0 bridgehead atoms. The van der Waals surface area contributed by atoms with E-state index in [9.17, 15) is 4.79 Å². The van der Waals surface area contributed by atoms with E-state index in [1.54, 1.807) is 30.6 Å². The topological polar surface area (TPSA) is 126 Å². The highest BCUT2D eigenvalue weighted by molar-refractivity contribution is 6.35. The lowest BCUT2D eigenvalue weighted by atomic mass is 9.91. The van der Waals surface area contributed by atoms with Crippen LogP contribution in [0.1, 0.15) is 65.2 Å². The molecule has 1 saturated carbocycles. The van der Waals surface area contributed by atoms with Gasteiger partial charge in [0.1, 0.15) is 0 Å². The summed E-state index contributed by atoms with van der Waals surface area (Å²) in [6.45, 7) is 0.0772. The molecule has 37 heavy (non-hydrogen) atoms. The zero-order valence-corrected chi connectivity index (χ0v) is 22.0. The first kappa shape index (κ1) is 30.3. The van der Waals surface area contributed by atoms with Gasteiger partial charge in [-0.15, -0.1) is 0 Å². The largest absolute Gasteiger partial charge is 0.393 e. The first-order valence-electron chi connectivity index (χ1n) is 12.1. The monoisotopic (exact) mass is 545 g/mol. The zero-order chi connectivity index (χ0) is 27.0. The Morgan fingerprint density at radius 2 is 1.76 bits per heavy atom. The average Bonchev–Trinajstić information content (AvgIpc) is 2.91. The summed E-state index contributed by atoms with van der Waals surface area (Å²) < 4.78 is 0. The smallest absolute Gasteiger partial charge is 0.252 e. The number of rotatable bonds is 2. The van der Waals surface area contributed by atoms with Crippen molar-refractivity contribution in [1.29, 1.82) is 0 Å². The summed E-state index contributed by atoms with van der Waals surface area (Å²) >= 11 is 12.1. The number of amides is 2. The first-order chi connectivity index (χ1) is 17.9. The van der Waals surface area contributed by atoms with Crippen LogP contribution in [0.4, 0.5) is 0 Å². The summed E-state index contributed by atoms with van der Waals surface area (Å²) in [5, 5.41) is 21.6. The van der Waals surface area contributed by atoms with E-state index in [0.29, 0.717) is 10.0 Å². The molecule has 1 atom stereocenters. The number of aliphatic hydroxyl groups is 2. The molecule has 1 aromatic heterocycles. The summed E-state index contributed by atoms with van der Waals surface area (Å²) in [6.07, 6.45) is 10.2. The average molecular weight is 546 g/mol. The number of pyridine rings is 1. The Morgan fingerprint density at radius 3 is 2.30 bits per heavy atom. The predicted molar refractivity (Wildman–Crippen MR) is 146 cm³/mol. The molecule has 1 unspecified atom stereocenters. The fourth-order valence-corrected chi connectivity index (χ4v) is 4.51. The molecule has 0 spiro atoms. The number of carbonyl (C=O) groups excluding carboxylic acids is 2. The number of nitrogens with zero attached hydrogens (tertiary/aromatic N) is 1. The van der Waals surface area contributed by atoms with Gasteiger partial charge < -0.3 is 21.3 Å². The standard InChI is InChI=1S/C15H11Cl2NO.C6H7NO.C6H12O.CH3NO/c16-10-5-6-12(13(17)8-10)14-7-9-3-1-2-4-11(9)15(19)18-14;8-5-6-2-1-3-7-4-6;7-6-4-2-1-3-5-6;2-1-3/h1-6,8,14H,7H2,(H,18,19);1-4,8H,5H2;6-7H,1-5H2;1H,(H2,2,3). The molecule has 1 aliphatic carbocycles. The molecule has 2 aliphatic rings. The predicted octanol–water partition coefficient (Wildman–Crippen LogP) is 5.01. The molecule has 2 amide bonds. The Hall–Kier alpha value is -2.97. The van der Waals surface area contributed by atoms with Crippen LogP contribution in [0, 0.1) is 0 Å². The summed E-state index contributed by atoms with van der Waals surface area (Å²) in [5.41, 5.74) is 7.70. The molecule has 5 rings (SSSR count). The van der Waals surface area contributed by atoms with Gasteiger partial charge in [0.05, 0.1) is 18.8 Å². The van der Waals surface area contributed by atoms with E-state index in [1.165, 1.54) is 19.3 Å². The highest BCUT2D eigenvalue weighted by Crippen LogP contribution is 2.31. The number of carbonyl (C=O) groups is 2. The number of aromatic nitrogens is 1. The number of primary amides is 1. The number of halogens is 2. The maximum absolute atomic E-state index is 12.1. The van der Waals surface area contributed by atoms with Crippen LogP contribution in [0.5, 0.6) is 0 Å². The molecule has 7 nitrogen and oxygen atoms in total. The maximum atomic E-state index is 12.1. The fourth-order valence-electron chi connectivity index (χ4n) is 3.97. The second kappa shape index (κ2) is 16.7. The molecule has 0 saturated heterocycles. The Morgan fingerprint density at radius 1 is 1.05 bits per heavy atom. The molecule has 1 aliphatic heterocycles. The molecule has 9 heteroatoms. The van der Waals surface area contributed by atoms with Crippen LogP contribution in [0.15, 0.2) is 67.0 Å². The second-order valence-corrected chi connectivity index (χ2v) is 9.34. The third-order valence-electron chi connectivity index (χ3n) is 5.81. The van der Waals surface area contributed by atoms with E-state index in [0.717, 1.165) is 41.5 Å². The van der Waals surface area contributed by atoms with Gasteiger partial charge in [0.25, 0.3) is 5.91 Å². The highest BCUT2D eigenvalue weighted by Gasteiger charge is 2.26. The lowest BCUT2D eigenvalue weighted by Crippen LogP contribution is -2.35. The van der Waals surface area contributed by atoms with Gasteiger partial charge in [0.15, 0.2) is 0 Å². The van der Waals surface area contributed by atoms with E-state index in [-0.39, 0.29) is 31.1 Å². The van der Waals surface area contributed by atoms with Crippen molar-refractivity contribution in [3.05, 3.63) is 99.3 Å². The Balaban J connectivity index is 0.000000220. The molecule has 5 N–H and O–H groups in total. The van der Waals surface area contributed by atoms with Crippen molar-refractivity contribution in [2.75, 3.05) is 0 Å². The van der Waals surface area contributed by atoms with Crippen molar-refractivity contribution in [3.63, 3.8) is 0 Å². The van der Waals surface area contributed by atoms with Crippen LogP contribution in [-0.2, 0) is 17.8 Å². The normalized spacial score (nSPS) is 16.2. The molecular formula is C28H33Cl2N3O4. The lowest BCUT2D eigenvalue weighted by molar-refractivity contribution is -0.106. The van der Waals surface area contributed by atoms with Crippen LogP contribution in [-0.4, -0.2) is 33.6 Å². The van der Waals surface area contributed by atoms with Crippen LogP contribution in [0.2, 0.25) is 10.0 Å². The fraction of sp³-hybridized carbons (Fsp3) is 0.321. The van der Waals surface area contributed by atoms with Gasteiger partial charge in [-0.25, -0.2) is 0 Å². The van der Waals surface area contributed by atoms with E-state index < -0.39 is 0 Å². The van der Waals surface area contributed by atoms with Crippen molar-refractivity contribution in [1.82, 2.24) is 10.3 Å². The molecule has 1 fully saturated rings. The second-order valence-electron chi connectivity index (χ2n) is 8.50. The van der Waals surface area contributed by atoms with Gasteiger partial charge in [0.2, 0.25) is 6.41 Å². The van der Waals surface area contributed by atoms with E-state index >= 15 is 0 Å².